The Hall–Kier alpha value is -4.06. The second-order valence-corrected chi connectivity index (χ2v) is 9.27. The number of nitrogens with zero attached hydrogens (tertiary/aromatic N) is 2. The first kappa shape index (κ1) is 20.5. The van der Waals surface area contributed by atoms with Crippen LogP contribution in [0.4, 0.5) is 0 Å². The van der Waals surface area contributed by atoms with E-state index in [0.717, 1.165) is 54.7 Å². The Morgan fingerprint density at radius 2 is 1.24 bits per heavy atom. The lowest BCUT2D eigenvalue weighted by atomic mass is 9.85. The summed E-state index contributed by atoms with van der Waals surface area (Å²) >= 11 is 0. The maximum Gasteiger partial charge on any atom is 0.146 e. The van der Waals surface area contributed by atoms with E-state index in [0.29, 0.717) is 16.8 Å². The molecule has 0 radical (unpaired) electrons. The Labute approximate surface area is 197 Å². The molecular weight excluding hydrogens is 423 g/mol. The van der Waals surface area contributed by atoms with Gasteiger partial charge in [0.15, 0.2) is 0 Å². The fourth-order valence-electron chi connectivity index (χ4n) is 5.60. The average molecular weight is 448 g/mol. The number of phenolic OH excluding ortho intramolecular Hbond substituents is 3. The molecule has 0 saturated carbocycles. The SMILES string of the molecule is Bc1c(C)c(C)c2c(c1O)c1ccccc1n2-c1c(O)c(C)c(O)c2c1c1ccccc1n2C. The first-order valence-corrected chi connectivity index (χ1v) is 11.4. The monoisotopic (exact) mass is 448 g/mol. The molecule has 0 aliphatic heterocycles. The van der Waals surface area contributed by atoms with Crippen molar-refractivity contribution in [2.75, 3.05) is 0 Å². The van der Waals surface area contributed by atoms with Gasteiger partial charge in [-0.2, -0.15) is 0 Å². The lowest BCUT2D eigenvalue weighted by Crippen LogP contribution is -2.11. The van der Waals surface area contributed by atoms with Crippen molar-refractivity contribution in [1.82, 2.24) is 9.13 Å². The molecule has 5 nitrogen and oxygen atoms in total. The summed E-state index contributed by atoms with van der Waals surface area (Å²) < 4.78 is 4.03. The zero-order valence-corrected chi connectivity index (χ0v) is 19.9. The van der Waals surface area contributed by atoms with Crippen molar-refractivity contribution in [3.63, 3.8) is 0 Å². The molecule has 0 atom stereocenters. The van der Waals surface area contributed by atoms with E-state index in [2.05, 4.69) is 11.5 Å². The first-order chi connectivity index (χ1) is 16.3. The summed E-state index contributed by atoms with van der Waals surface area (Å²) in [6.45, 7) is 5.81. The molecule has 0 bridgehead atoms. The summed E-state index contributed by atoms with van der Waals surface area (Å²) in [6.07, 6.45) is 0. The predicted molar refractivity (Wildman–Crippen MR) is 142 cm³/mol. The highest BCUT2D eigenvalue weighted by atomic mass is 16.3. The summed E-state index contributed by atoms with van der Waals surface area (Å²) in [5, 5.41) is 37.4. The minimum atomic E-state index is 0.0288. The highest BCUT2D eigenvalue weighted by molar-refractivity contribution is 6.38. The minimum absolute atomic E-state index is 0.0288. The maximum atomic E-state index is 11.6. The molecule has 3 N–H and O–H groups in total. The molecule has 6 rings (SSSR count). The summed E-state index contributed by atoms with van der Waals surface area (Å²) in [5.41, 5.74) is 7.32. The molecule has 6 aromatic rings. The number of aromatic hydroxyl groups is 3. The lowest BCUT2D eigenvalue weighted by Gasteiger charge is -2.18. The number of aryl methyl sites for hydroxylation is 2. The third kappa shape index (κ3) is 2.30. The zero-order chi connectivity index (χ0) is 24.0. The van der Waals surface area contributed by atoms with E-state index < -0.39 is 0 Å². The van der Waals surface area contributed by atoms with E-state index in [4.69, 9.17) is 0 Å². The molecule has 0 aliphatic carbocycles. The van der Waals surface area contributed by atoms with Crippen LogP contribution in [0.5, 0.6) is 17.2 Å². The summed E-state index contributed by atoms with van der Waals surface area (Å²) in [5.74, 6) is 0.362. The van der Waals surface area contributed by atoms with Crippen LogP contribution in [0.25, 0.3) is 49.3 Å². The average Bonchev–Trinajstić information content (AvgIpc) is 3.34. The zero-order valence-electron chi connectivity index (χ0n) is 19.9. The number of rotatable bonds is 1. The summed E-state index contributed by atoms with van der Waals surface area (Å²) in [6, 6.07) is 15.9. The second kappa shape index (κ2) is 6.73. The van der Waals surface area contributed by atoms with Crippen LogP contribution >= 0.6 is 0 Å². The Kier molecular flexibility index (Phi) is 4.07. The van der Waals surface area contributed by atoms with Crippen LogP contribution in [-0.4, -0.2) is 32.3 Å². The Bertz CT molecular complexity index is 1840. The highest BCUT2D eigenvalue weighted by Gasteiger charge is 2.27. The number of phenols is 3. The van der Waals surface area contributed by atoms with E-state index in [1.54, 1.807) is 6.92 Å². The molecule has 4 aromatic carbocycles. The van der Waals surface area contributed by atoms with E-state index in [9.17, 15) is 15.3 Å². The van der Waals surface area contributed by atoms with Gasteiger partial charge in [-0.25, -0.2) is 0 Å². The molecule has 34 heavy (non-hydrogen) atoms. The largest absolute Gasteiger partial charge is 0.508 e. The van der Waals surface area contributed by atoms with Gasteiger partial charge >= 0.3 is 0 Å². The molecule has 0 fully saturated rings. The van der Waals surface area contributed by atoms with Crippen LogP contribution in [0.15, 0.2) is 48.5 Å². The van der Waals surface area contributed by atoms with E-state index in [1.165, 1.54) is 0 Å². The quantitative estimate of drug-likeness (QED) is 0.319. The van der Waals surface area contributed by atoms with Crippen LogP contribution in [-0.2, 0) is 7.05 Å². The fraction of sp³-hybridized carbons (Fsp3) is 0.143. The molecule has 0 amide bonds. The molecule has 2 aromatic heterocycles. The summed E-state index contributed by atoms with van der Waals surface area (Å²) in [4.78, 5) is 0. The first-order valence-electron chi connectivity index (χ1n) is 11.4. The van der Waals surface area contributed by atoms with Crippen molar-refractivity contribution in [2.45, 2.75) is 20.8 Å². The van der Waals surface area contributed by atoms with E-state index in [-0.39, 0.29) is 17.2 Å². The van der Waals surface area contributed by atoms with Crippen LogP contribution in [0.1, 0.15) is 16.7 Å². The third-order valence-corrected chi connectivity index (χ3v) is 7.67. The minimum Gasteiger partial charge on any atom is -0.508 e. The third-order valence-electron chi connectivity index (χ3n) is 7.67. The molecular formula is C28H25BN2O3. The van der Waals surface area contributed by atoms with Gasteiger partial charge in [0.1, 0.15) is 25.1 Å². The van der Waals surface area contributed by atoms with Crippen LogP contribution in [0.3, 0.4) is 0 Å². The smallest absolute Gasteiger partial charge is 0.146 e. The molecule has 6 heteroatoms. The van der Waals surface area contributed by atoms with Gasteiger partial charge in [-0.05, 0) is 49.5 Å². The lowest BCUT2D eigenvalue weighted by molar-refractivity contribution is 0.445. The number of hydrogen-bond donors (Lipinski definition) is 3. The fourth-order valence-corrected chi connectivity index (χ4v) is 5.60. The van der Waals surface area contributed by atoms with Gasteiger partial charge in [0.05, 0.1) is 22.2 Å². The molecule has 0 spiro atoms. The van der Waals surface area contributed by atoms with Crippen molar-refractivity contribution in [3.05, 3.63) is 65.2 Å². The van der Waals surface area contributed by atoms with Crippen LogP contribution < -0.4 is 5.46 Å². The Morgan fingerprint density at radius 3 is 1.91 bits per heavy atom. The highest BCUT2D eigenvalue weighted by Crippen LogP contribution is 2.49. The van der Waals surface area contributed by atoms with Crippen LogP contribution in [0.2, 0.25) is 0 Å². The van der Waals surface area contributed by atoms with E-state index in [1.807, 2.05) is 74.9 Å². The Balaban J connectivity index is 2.00. The molecule has 2 heterocycles. The maximum absolute atomic E-state index is 11.6. The van der Waals surface area contributed by atoms with Crippen molar-refractivity contribution < 1.29 is 15.3 Å². The van der Waals surface area contributed by atoms with Crippen LogP contribution in [0, 0.1) is 20.8 Å². The molecule has 168 valence electrons. The normalized spacial score (nSPS) is 12.0. The van der Waals surface area contributed by atoms with Gasteiger partial charge in [0.25, 0.3) is 0 Å². The summed E-state index contributed by atoms with van der Waals surface area (Å²) in [7, 11) is 3.87. The van der Waals surface area contributed by atoms with Gasteiger partial charge < -0.3 is 24.5 Å². The molecule has 0 aliphatic rings. The standard InChI is InChI=1S/C28H25BN2O3/c1-13-14(2)23-21(28(34)22(13)29)17-10-6-8-12-19(17)31(23)25-20-16-9-5-7-11-18(16)30(4)24(20)26(32)15(3)27(25)33/h5-12,32-34H,29H2,1-4H3. The number of para-hydroxylation sites is 2. The van der Waals surface area contributed by atoms with Crippen molar-refractivity contribution in [1.29, 1.82) is 0 Å². The van der Waals surface area contributed by atoms with Gasteiger partial charge in [0.2, 0.25) is 0 Å². The van der Waals surface area contributed by atoms with Crippen molar-refractivity contribution in [3.8, 4) is 22.9 Å². The van der Waals surface area contributed by atoms with Crippen molar-refractivity contribution >= 4 is 56.9 Å². The number of aromatic nitrogens is 2. The predicted octanol–water partition coefficient (Wildman–Crippen LogP) is 4.73. The van der Waals surface area contributed by atoms with Gasteiger partial charge in [-0.15, -0.1) is 0 Å². The molecule has 0 unspecified atom stereocenters. The number of benzene rings is 4. The topological polar surface area (TPSA) is 70.6 Å². The second-order valence-electron chi connectivity index (χ2n) is 9.27. The van der Waals surface area contributed by atoms with Crippen molar-refractivity contribution in [2.24, 2.45) is 7.05 Å². The van der Waals surface area contributed by atoms with Gasteiger partial charge in [-0.3, -0.25) is 0 Å². The van der Waals surface area contributed by atoms with E-state index >= 15 is 0 Å². The molecule has 0 saturated heterocycles. The number of hydrogen-bond acceptors (Lipinski definition) is 3. The van der Waals surface area contributed by atoms with Gasteiger partial charge in [0, 0.05) is 39.7 Å². The number of fused-ring (bicyclic) bond motifs is 6. The van der Waals surface area contributed by atoms with Gasteiger partial charge in [-0.1, -0.05) is 36.4 Å². The Morgan fingerprint density at radius 1 is 0.647 bits per heavy atom.